The molecule has 0 aliphatic rings. The summed E-state index contributed by atoms with van der Waals surface area (Å²) in [7, 11) is 0. The minimum atomic E-state index is -0.841. The number of benzene rings is 1. The van der Waals surface area contributed by atoms with Crippen molar-refractivity contribution in [2.24, 2.45) is 0 Å². The van der Waals surface area contributed by atoms with Crippen LogP contribution in [0.1, 0.15) is 0 Å². The lowest BCUT2D eigenvalue weighted by atomic mass is 10.3. The number of non-ortho nitro benzene ring substituents is 1. The normalized spacial score (nSPS) is 10.7. The fourth-order valence-electron chi connectivity index (χ4n) is 2.44. The van der Waals surface area contributed by atoms with Gasteiger partial charge in [0.25, 0.3) is 5.69 Å². The number of rotatable bonds is 5. The van der Waals surface area contributed by atoms with Crippen molar-refractivity contribution < 1.29 is 14.1 Å². The second-order valence-corrected chi connectivity index (χ2v) is 5.43. The predicted octanol–water partition coefficient (Wildman–Crippen LogP) is 3.71. The van der Waals surface area contributed by atoms with Crippen LogP contribution in [0.25, 0.3) is 5.52 Å². The summed E-state index contributed by atoms with van der Waals surface area (Å²) in [5.41, 5.74) is 0.799. The van der Waals surface area contributed by atoms with E-state index in [1.807, 2.05) is 0 Å². The number of hydrogen-bond acceptors (Lipinski definition) is 7. The molecule has 3 aromatic heterocycles. The van der Waals surface area contributed by atoms with Gasteiger partial charge in [-0.15, -0.1) is 0 Å². The molecule has 0 saturated heterocycles. The Morgan fingerprint density at radius 1 is 1.11 bits per heavy atom. The molecule has 0 saturated carbocycles. The lowest BCUT2D eigenvalue weighted by molar-refractivity contribution is -0.385. The Balaban J connectivity index is 1.70. The van der Waals surface area contributed by atoms with E-state index in [9.17, 15) is 14.5 Å². The molecule has 0 atom stereocenters. The summed E-state index contributed by atoms with van der Waals surface area (Å²) in [6.45, 7) is 0. The summed E-state index contributed by atoms with van der Waals surface area (Å²) < 4.78 is 21.4. The van der Waals surface area contributed by atoms with Crippen molar-refractivity contribution in [3.05, 3.63) is 77.1 Å². The molecule has 4 aromatic rings. The van der Waals surface area contributed by atoms with Crippen molar-refractivity contribution in [1.82, 2.24) is 19.6 Å². The molecule has 1 aromatic carbocycles. The first kappa shape index (κ1) is 16.4. The Morgan fingerprint density at radius 3 is 2.67 bits per heavy atom. The van der Waals surface area contributed by atoms with Crippen LogP contribution in [0.15, 0.2) is 61.2 Å². The van der Waals surface area contributed by atoms with Crippen LogP contribution in [-0.4, -0.2) is 24.5 Å². The number of nitrogens with one attached hydrogen (secondary N) is 1. The maximum absolute atomic E-state index is 14.2. The molecule has 0 bridgehead atoms. The van der Waals surface area contributed by atoms with Crippen molar-refractivity contribution in [3.63, 3.8) is 0 Å². The van der Waals surface area contributed by atoms with Crippen LogP contribution in [0.3, 0.4) is 0 Å². The zero-order valence-corrected chi connectivity index (χ0v) is 13.6. The van der Waals surface area contributed by atoms with E-state index in [1.165, 1.54) is 12.1 Å². The minimum absolute atomic E-state index is 0.142. The topological polar surface area (TPSA) is 107 Å². The number of pyridine rings is 1. The zero-order chi connectivity index (χ0) is 18.8. The fraction of sp³-hybridized carbons (Fsp3) is 0. The lowest BCUT2D eigenvalue weighted by Crippen LogP contribution is -2.00. The van der Waals surface area contributed by atoms with Crippen LogP contribution in [0, 0.1) is 15.9 Å². The van der Waals surface area contributed by atoms with Crippen LogP contribution in [0.2, 0.25) is 0 Å². The molecule has 27 heavy (non-hydrogen) atoms. The Labute approximate surface area is 151 Å². The third-order valence-corrected chi connectivity index (χ3v) is 3.64. The highest BCUT2D eigenvalue weighted by Gasteiger charge is 2.15. The fourth-order valence-corrected chi connectivity index (χ4v) is 2.44. The van der Waals surface area contributed by atoms with E-state index < -0.39 is 10.7 Å². The molecule has 0 aliphatic heterocycles. The number of aromatic nitrogens is 4. The van der Waals surface area contributed by atoms with E-state index in [4.69, 9.17) is 4.74 Å². The van der Waals surface area contributed by atoms with Gasteiger partial charge in [-0.2, -0.15) is 5.10 Å². The number of halogens is 1. The van der Waals surface area contributed by atoms with Crippen LogP contribution in [-0.2, 0) is 0 Å². The standard InChI is InChI=1S/C17H11FN6O3/c18-13-9-12(24(25)26)2-3-15(13)27-16-8-11(10-23-14(16)4-7-21-23)22-17-19-5-1-6-20-17/h1-10H,(H,19,20,22). The summed E-state index contributed by atoms with van der Waals surface area (Å²) in [6, 6.07) is 8.21. The van der Waals surface area contributed by atoms with Gasteiger partial charge in [0.05, 0.1) is 29.1 Å². The van der Waals surface area contributed by atoms with Gasteiger partial charge in [-0.3, -0.25) is 10.1 Å². The third kappa shape index (κ3) is 3.35. The maximum Gasteiger partial charge on any atom is 0.272 e. The molecule has 1 N–H and O–H groups in total. The van der Waals surface area contributed by atoms with Gasteiger partial charge in [0.1, 0.15) is 5.52 Å². The highest BCUT2D eigenvalue weighted by atomic mass is 19.1. The number of anilines is 2. The second kappa shape index (κ2) is 6.67. The molecular formula is C17H11FN6O3. The first-order valence-corrected chi connectivity index (χ1v) is 7.73. The molecule has 3 heterocycles. The molecule has 134 valence electrons. The lowest BCUT2D eigenvalue weighted by Gasteiger charge is -2.11. The zero-order valence-electron chi connectivity index (χ0n) is 13.6. The van der Waals surface area contributed by atoms with Gasteiger partial charge in [-0.05, 0) is 18.2 Å². The van der Waals surface area contributed by atoms with Gasteiger partial charge in [0.2, 0.25) is 5.95 Å². The van der Waals surface area contributed by atoms with E-state index in [0.29, 0.717) is 22.9 Å². The second-order valence-electron chi connectivity index (χ2n) is 5.43. The number of nitrogens with zero attached hydrogens (tertiary/aromatic N) is 5. The van der Waals surface area contributed by atoms with Gasteiger partial charge in [0, 0.05) is 24.5 Å². The highest BCUT2D eigenvalue weighted by Crippen LogP contribution is 2.32. The number of fused-ring (bicyclic) bond motifs is 1. The largest absolute Gasteiger partial charge is 0.452 e. The van der Waals surface area contributed by atoms with Crippen molar-refractivity contribution in [2.45, 2.75) is 0 Å². The molecule has 0 spiro atoms. The molecule has 0 aliphatic carbocycles. The first-order valence-electron chi connectivity index (χ1n) is 7.73. The average Bonchev–Trinajstić information content (AvgIpc) is 3.13. The summed E-state index contributed by atoms with van der Waals surface area (Å²) in [4.78, 5) is 18.2. The Kier molecular flexibility index (Phi) is 4.05. The van der Waals surface area contributed by atoms with E-state index in [-0.39, 0.29) is 11.4 Å². The van der Waals surface area contributed by atoms with E-state index in [2.05, 4.69) is 20.4 Å². The van der Waals surface area contributed by atoms with E-state index in [1.54, 1.807) is 47.5 Å². The molecule has 0 amide bonds. The number of ether oxygens (including phenoxy) is 1. The quantitative estimate of drug-likeness (QED) is 0.424. The molecule has 10 heteroatoms. The van der Waals surface area contributed by atoms with Crippen LogP contribution in [0.5, 0.6) is 11.5 Å². The molecule has 0 fully saturated rings. The van der Waals surface area contributed by atoms with Gasteiger partial charge < -0.3 is 10.1 Å². The minimum Gasteiger partial charge on any atom is -0.452 e. The smallest absolute Gasteiger partial charge is 0.272 e. The molecule has 9 nitrogen and oxygen atoms in total. The third-order valence-electron chi connectivity index (χ3n) is 3.64. The summed E-state index contributed by atoms with van der Waals surface area (Å²) in [6.07, 6.45) is 6.44. The van der Waals surface area contributed by atoms with Crippen molar-refractivity contribution in [1.29, 1.82) is 0 Å². The predicted molar refractivity (Wildman–Crippen MR) is 93.6 cm³/mol. The number of hydrogen-bond donors (Lipinski definition) is 1. The number of nitro groups is 1. The first-order chi connectivity index (χ1) is 13.1. The highest BCUT2D eigenvalue weighted by molar-refractivity contribution is 5.67. The molecule has 0 radical (unpaired) electrons. The monoisotopic (exact) mass is 366 g/mol. The molecular weight excluding hydrogens is 355 g/mol. The summed E-state index contributed by atoms with van der Waals surface area (Å²) in [5.74, 6) is -0.305. The van der Waals surface area contributed by atoms with Crippen molar-refractivity contribution >= 4 is 22.8 Å². The average molecular weight is 366 g/mol. The van der Waals surface area contributed by atoms with E-state index in [0.717, 1.165) is 6.07 Å². The molecule has 4 rings (SSSR count). The van der Waals surface area contributed by atoms with Crippen LogP contribution >= 0.6 is 0 Å². The summed E-state index contributed by atoms with van der Waals surface area (Å²) >= 11 is 0. The SMILES string of the molecule is O=[N+]([O-])c1ccc(Oc2cc(Nc3ncccn3)cn3nccc23)c(F)c1. The van der Waals surface area contributed by atoms with Crippen molar-refractivity contribution in [3.8, 4) is 11.5 Å². The van der Waals surface area contributed by atoms with E-state index >= 15 is 0 Å². The van der Waals surface area contributed by atoms with Gasteiger partial charge in [-0.1, -0.05) is 0 Å². The maximum atomic E-state index is 14.2. The van der Waals surface area contributed by atoms with Crippen LogP contribution < -0.4 is 10.1 Å². The van der Waals surface area contributed by atoms with Gasteiger partial charge in [0.15, 0.2) is 17.3 Å². The Bertz CT molecular complexity index is 1130. The summed E-state index contributed by atoms with van der Waals surface area (Å²) in [5, 5.41) is 17.9. The molecule has 0 unspecified atom stereocenters. The Hall–Kier alpha value is -4.08. The number of nitro benzene ring substituents is 1. The Morgan fingerprint density at radius 2 is 1.93 bits per heavy atom. The van der Waals surface area contributed by atoms with Crippen molar-refractivity contribution in [2.75, 3.05) is 5.32 Å². The van der Waals surface area contributed by atoms with Gasteiger partial charge >= 0.3 is 0 Å². The van der Waals surface area contributed by atoms with Gasteiger partial charge in [-0.25, -0.2) is 18.9 Å². The van der Waals surface area contributed by atoms with Crippen LogP contribution in [0.4, 0.5) is 21.7 Å².